The molecule has 3 atom stereocenters. The van der Waals surface area contributed by atoms with E-state index in [-0.39, 0.29) is 23.3 Å². The lowest BCUT2D eigenvalue weighted by atomic mass is 10.2. The molecule has 1 aromatic rings. The Morgan fingerprint density at radius 3 is 2.53 bits per heavy atom. The smallest absolute Gasteiger partial charge is 0.322 e. The molecule has 1 heterocycles. The molecule has 3 rings (SSSR count). The van der Waals surface area contributed by atoms with E-state index in [4.69, 9.17) is 5.11 Å². The molecular weight excluding hydrogens is 273 g/mol. The Labute approximate surface area is 109 Å². The summed E-state index contributed by atoms with van der Waals surface area (Å²) >= 11 is 0. The number of hydrogen-bond acceptors (Lipinski definition) is 3. The van der Waals surface area contributed by atoms with Gasteiger partial charge in [0.2, 0.25) is 10.0 Å². The van der Waals surface area contributed by atoms with Crippen LogP contribution in [0.3, 0.4) is 0 Å². The second-order valence-electron chi connectivity index (χ2n) is 4.97. The van der Waals surface area contributed by atoms with Crippen LogP contribution in [0.4, 0.5) is 4.39 Å². The fourth-order valence-corrected chi connectivity index (χ4v) is 4.41. The van der Waals surface area contributed by atoms with E-state index in [9.17, 15) is 17.6 Å². The molecule has 0 unspecified atom stereocenters. The molecular formula is C12H12FNO4S. The van der Waals surface area contributed by atoms with Crippen LogP contribution in [0.25, 0.3) is 0 Å². The topological polar surface area (TPSA) is 74.7 Å². The van der Waals surface area contributed by atoms with Gasteiger partial charge < -0.3 is 5.11 Å². The van der Waals surface area contributed by atoms with E-state index in [1.54, 1.807) is 0 Å². The zero-order valence-electron chi connectivity index (χ0n) is 9.86. The summed E-state index contributed by atoms with van der Waals surface area (Å²) < 4.78 is 38.6. The first-order valence-electron chi connectivity index (χ1n) is 5.91. The van der Waals surface area contributed by atoms with Crippen LogP contribution < -0.4 is 0 Å². The van der Waals surface area contributed by atoms with Crippen molar-refractivity contribution in [2.45, 2.75) is 17.4 Å². The number of carbonyl (C=O) groups is 1. The van der Waals surface area contributed by atoms with Crippen molar-refractivity contribution in [3.8, 4) is 0 Å². The maximum Gasteiger partial charge on any atom is 0.322 e. The molecule has 1 N–H and O–H groups in total. The first-order valence-corrected chi connectivity index (χ1v) is 7.35. The first kappa shape index (κ1) is 12.6. The molecule has 0 radical (unpaired) electrons. The van der Waals surface area contributed by atoms with Crippen molar-refractivity contribution >= 4 is 16.0 Å². The summed E-state index contributed by atoms with van der Waals surface area (Å²) in [5.41, 5.74) is 0. The van der Waals surface area contributed by atoms with Gasteiger partial charge in [-0.15, -0.1) is 0 Å². The van der Waals surface area contributed by atoms with E-state index in [2.05, 4.69) is 0 Å². The molecule has 2 fully saturated rings. The third-order valence-corrected chi connectivity index (χ3v) is 5.64. The van der Waals surface area contributed by atoms with Crippen molar-refractivity contribution in [2.24, 2.45) is 11.8 Å². The summed E-state index contributed by atoms with van der Waals surface area (Å²) in [4.78, 5) is 11.1. The van der Waals surface area contributed by atoms with E-state index in [1.165, 1.54) is 0 Å². The Morgan fingerprint density at radius 2 is 1.95 bits per heavy atom. The molecule has 0 amide bonds. The summed E-state index contributed by atoms with van der Waals surface area (Å²) in [6.07, 6.45) is 0.770. The number of piperidine rings is 1. The van der Waals surface area contributed by atoms with Gasteiger partial charge in [0.1, 0.15) is 11.9 Å². The van der Waals surface area contributed by atoms with Crippen molar-refractivity contribution in [2.75, 3.05) is 6.54 Å². The number of aliphatic carboxylic acids is 1. The van der Waals surface area contributed by atoms with Crippen LogP contribution in [0.5, 0.6) is 0 Å². The highest BCUT2D eigenvalue weighted by atomic mass is 32.2. The Kier molecular flexibility index (Phi) is 2.65. The molecule has 7 heteroatoms. The van der Waals surface area contributed by atoms with Crippen LogP contribution in [0.1, 0.15) is 6.42 Å². The quantitative estimate of drug-likeness (QED) is 0.896. The number of benzene rings is 1. The summed E-state index contributed by atoms with van der Waals surface area (Å²) in [6.45, 7) is 0.237. The Hall–Kier alpha value is -1.47. The van der Waals surface area contributed by atoms with E-state index in [1.807, 2.05) is 0 Å². The minimum Gasteiger partial charge on any atom is -0.480 e. The monoisotopic (exact) mass is 285 g/mol. The highest BCUT2D eigenvalue weighted by molar-refractivity contribution is 7.89. The molecule has 0 aromatic heterocycles. The van der Waals surface area contributed by atoms with Crippen molar-refractivity contribution in [3.05, 3.63) is 30.1 Å². The first-order chi connectivity index (χ1) is 8.91. The molecule has 0 spiro atoms. The molecule has 102 valence electrons. The summed E-state index contributed by atoms with van der Waals surface area (Å²) in [6, 6.07) is 3.44. The highest BCUT2D eigenvalue weighted by Crippen LogP contribution is 2.51. The van der Waals surface area contributed by atoms with Crippen LogP contribution in [0, 0.1) is 17.7 Å². The predicted octanol–water partition coefficient (Wildman–Crippen LogP) is 0.919. The standard InChI is InChI=1S/C12H12FNO4S/c13-8-1-3-9(4-2-8)19(17,18)14-6-7-5-10(7)11(14)12(15)16/h1-4,7,10-11H,5-6H2,(H,15,16)/t7-,10+,11-/m0/s1. The summed E-state index contributed by atoms with van der Waals surface area (Å²) in [5, 5.41) is 9.17. The number of sulfonamides is 1. The third-order valence-electron chi connectivity index (χ3n) is 3.78. The number of carboxylic acids is 1. The van der Waals surface area contributed by atoms with Crippen molar-refractivity contribution in [1.29, 1.82) is 0 Å². The molecule has 1 saturated carbocycles. The normalized spacial score (nSPS) is 30.1. The zero-order valence-corrected chi connectivity index (χ0v) is 10.7. The van der Waals surface area contributed by atoms with E-state index in [0.717, 1.165) is 35.0 Å². The van der Waals surface area contributed by atoms with Crippen LogP contribution in [-0.4, -0.2) is 36.4 Å². The van der Waals surface area contributed by atoms with Crippen LogP contribution in [0.2, 0.25) is 0 Å². The van der Waals surface area contributed by atoms with Gasteiger partial charge in [-0.3, -0.25) is 4.79 Å². The molecule has 2 aliphatic rings. The second-order valence-corrected chi connectivity index (χ2v) is 6.86. The fraction of sp³-hybridized carbons (Fsp3) is 0.417. The third kappa shape index (κ3) is 1.93. The highest BCUT2D eigenvalue weighted by Gasteiger charge is 2.59. The number of halogens is 1. The maximum absolute atomic E-state index is 12.8. The molecule has 19 heavy (non-hydrogen) atoms. The number of nitrogens with zero attached hydrogens (tertiary/aromatic N) is 1. The number of carboxylic acid groups (broad SMARTS) is 1. The Balaban J connectivity index is 1.96. The summed E-state index contributed by atoms with van der Waals surface area (Å²) in [7, 11) is -3.87. The minimum absolute atomic E-state index is 0.0681. The second kappa shape index (κ2) is 4.01. The van der Waals surface area contributed by atoms with Crippen molar-refractivity contribution < 1.29 is 22.7 Å². The molecule has 1 aliphatic heterocycles. The average molecular weight is 285 g/mol. The molecule has 5 nitrogen and oxygen atoms in total. The summed E-state index contributed by atoms with van der Waals surface area (Å²) in [5.74, 6) is -1.57. The lowest BCUT2D eigenvalue weighted by Crippen LogP contribution is -2.43. The van der Waals surface area contributed by atoms with Gasteiger partial charge in [-0.1, -0.05) is 0 Å². The minimum atomic E-state index is -3.87. The lowest BCUT2D eigenvalue weighted by molar-refractivity contribution is -0.141. The lowest BCUT2D eigenvalue weighted by Gasteiger charge is -2.23. The van der Waals surface area contributed by atoms with Gasteiger partial charge >= 0.3 is 5.97 Å². The average Bonchev–Trinajstić information content (AvgIpc) is 2.99. The van der Waals surface area contributed by atoms with E-state index < -0.39 is 27.9 Å². The van der Waals surface area contributed by atoms with E-state index in [0.29, 0.717) is 0 Å². The number of hydrogen-bond donors (Lipinski definition) is 1. The van der Waals surface area contributed by atoms with Gasteiger partial charge in [-0.05, 0) is 42.5 Å². The van der Waals surface area contributed by atoms with Crippen LogP contribution in [-0.2, 0) is 14.8 Å². The van der Waals surface area contributed by atoms with Crippen molar-refractivity contribution in [3.63, 3.8) is 0 Å². The molecule has 1 saturated heterocycles. The van der Waals surface area contributed by atoms with Crippen LogP contribution >= 0.6 is 0 Å². The molecule has 1 aromatic carbocycles. The van der Waals surface area contributed by atoms with Gasteiger partial charge in [0, 0.05) is 6.54 Å². The number of rotatable bonds is 3. The fourth-order valence-electron chi connectivity index (χ4n) is 2.72. The predicted molar refractivity (Wildman–Crippen MR) is 63.3 cm³/mol. The SMILES string of the molecule is O=C(O)[C@@H]1[C@@H]2C[C@H]2CN1S(=O)(=O)c1ccc(F)cc1. The molecule has 0 bridgehead atoms. The zero-order chi connectivity index (χ0) is 13.8. The number of fused-ring (bicyclic) bond motifs is 1. The van der Waals surface area contributed by atoms with Crippen molar-refractivity contribution in [1.82, 2.24) is 4.31 Å². The maximum atomic E-state index is 12.8. The van der Waals surface area contributed by atoms with Gasteiger partial charge in [0.05, 0.1) is 4.90 Å². The van der Waals surface area contributed by atoms with Gasteiger partial charge in [-0.2, -0.15) is 4.31 Å². The Bertz CT molecular complexity index is 628. The van der Waals surface area contributed by atoms with E-state index >= 15 is 0 Å². The van der Waals surface area contributed by atoms with Gasteiger partial charge in [-0.25, -0.2) is 12.8 Å². The largest absolute Gasteiger partial charge is 0.480 e. The Morgan fingerprint density at radius 1 is 1.32 bits per heavy atom. The van der Waals surface area contributed by atoms with Gasteiger partial charge in [0.25, 0.3) is 0 Å². The van der Waals surface area contributed by atoms with Crippen LogP contribution in [0.15, 0.2) is 29.2 Å². The van der Waals surface area contributed by atoms with Gasteiger partial charge in [0.15, 0.2) is 0 Å². The molecule has 1 aliphatic carbocycles.